The van der Waals surface area contributed by atoms with Gasteiger partial charge in [0.1, 0.15) is 0 Å². The molecule has 0 bridgehead atoms. The van der Waals surface area contributed by atoms with E-state index >= 15 is 0 Å². The Morgan fingerprint density at radius 2 is 1.94 bits per heavy atom. The summed E-state index contributed by atoms with van der Waals surface area (Å²) in [6.45, 7) is 15.1. The molecule has 0 radical (unpaired) electrons. The van der Waals surface area contributed by atoms with Crippen molar-refractivity contribution in [2.45, 2.75) is 52.0 Å². The molecule has 0 aromatic heterocycles. The van der Waals surface area contributed by atoms with Crippen molar-refractivity contribution < 1.29 is 0 Å². The fourth-order valence-electron chi connectivity index (χ4n) is 2.28. The first-order valence-corrected chi connectivity index (χ1v) is 7.65. The highest BCUT2D eigenvalue weighted by atomic mass is 32.2. The molecule has 3 heteroatoms. The molecule has 1 fully saturated rings. The van der Waals surface area contributed by atoms with Crippen LogP contribution in [0.25, 0.3) is 0 Å². The summed E-state index contributed by atoms with van der Waals surface area (Å²) in [5, 5.41) is 4.35. The zero-order chi connectivity index (χ0) is 12.1. The third-order valence-corrected chi connectivity index (χ3v) is 4.83. The van der Waals surface area contributed by atoms with E-state index in [4.69, 9.17) is 0 Å². The van der Waals surface area contributed by atoms with Gasteiger partial charge in [0, 0.05) is 36.2 Å². The Balaban J connectivity index is 2.31. The molecule has 0 amide bonds. The molecule has 1 aliphatic heterocycles. The van der Waals surface area contributed by atoms with Crippen LogP contribution in [0.3, 0.4) is 0 Å². The van der Waals surface area contributed by atoms with E-state index in [-0.39, 0.29) is 0 Å². The van der Waals surface area contributed by atoms with E-state index in [0.717, 1.165) is 30.3 Å². The van der Waals surface area contributed by atoms with E-state index in [1.54, 1.807) is 0 Å². The molecule has 0 aliphatic carbocycles. The zero-order valence-electron chi connectivity index (χ0n) is 11.5. The predicted molar refractivity (Wildman–Crippen MR) is 75.3 cm³/mol. The Labute approximate surface area is 106 Å². The summed E-state index contributed by atoms with van der Waals surface area (Å²) in [6, 6.07) is 1.38. The first kappa shape index (κ1) is 14.3. The van der Waals surface area contributed by atoms with E-state index in [2.05, 4.69) is 56.6 Å². The fraction of sp³-hybridized carbons (Fsp3) is 1.00. The lowest BCUT2D eigenvalue weighted by molar-refractivity contribution is 0.154. The minimum absolute atomic E-state index is 0.664. The molecule has 3 atom stereocenters. The third kappa shape index (κ3) is 4.27. The maximum Gasteiger partial charge on any atom is 0.0195 e. The molecule has 2 nitrogen and oxygen atoms in total. The largest absolute Gasteiger partial charge is 0.315 e. The minimum Gasteiger partial charge on any atom is -0.315 e. The molecule has 1 saturated heterocycles. The van der Waals surface area contributed by atoms with Crippen molar-refractivity contribution in [1.82, 2.24) is 10.2 Å². The lowest BCUT2D eigenvalue weighted by Crippen LogP contribution is -2.52. The molecule has 1 N–H and O–H groups in total. The van der Waals surface area contributed by atoms with Gasteiger partial charge in [-0.05, 0) is 26.3 Å². The normalized spacial score (nSPS) is 29.6. The first-order valence-electron chi connectivity index (χ1n) is 6.60. The zero-order valence-corrected chi connectivity index (χ0v) is 12.3. The van der Waals surface area contributed by atoms with Gasteiger partial charge in [-0.1, -0.05) is 20.8 Å². The van der Waals surface area contributed by atoms with Crippen molar-refractivity contribution in [1.29, 1.82) is 0 Å². The molecule has 0 spiro atoms. The summed E-state index contributed by atoms with van der Waals surface area (Å²) in [6.07, 6.45) is 0. The molecule has 0 saturated carbocycles. The fourth-order valence-corrected chi connectivity index (χ4v) is 3.40. The lowest BCUT2D eigenvalue weighted by atomic mass is 10.1. The quantitative estimate of drug-likeness (QED) is 0.800. The summed E-state index contributed by atoms with van der Waals surface area (Å²) in [4.78, 5) is 2.66. The molecular weight excluding hydrogens is 216 g/mol. The highest BCUT2D eigenvalue weighted by Crippen LogP contribution is 2.25. The van der Waals surface area contributed by atoms with Crippen molar-refractivity contribution in [3.05, 3.63) is 0 Å². The van der Waals surface area contributed by atoms with Crippen molar-refractivity contribution in [2.75, 3.05) is 25.4 Å². The van der Waals surface area contributed by atoms with Gasteiger partial charge in [0.2, 0.25) is 0 Å². The summed E-state index contributed by atoms with van der Waals surface area (Å²) in [5.41, 5.74) is 0. The summed E-state index contributed by atoms with van der Waals surface area (Å²) in [5.74, 6) is 2.04. The van der Waals surface area contributed by atoms with Crippen molar-refractivity contribution >= 4 is 11.8 Å². The van der Waals surface area contributed by atoms with Crippen molar-refractivity contribution in [3.8, 4) is 0 Å². The molecule has 0 aromatic rings. The Kier molecular flexibility index (Phi) is 6.16. The van der Waals surface area contributed by atoms with Gasteiger partial charge in [0.15, 0.2) is 0 Å². The van der Waals surface area contributed by atoms with Crippen LogP contribution in [0.5, 0.6) is 0 Å². The molecule has 3 unspecified atom stereocenters. The van der Waals surface area contributed by atoms with Crippen LogP contribution < -0.4 is 5.32 Å². The highest BCUT2D eigenvalue weighted by Gasteiger charge is 2.28. The van der Waals surface area contributed by atoms with Gasteiger partial charge in [-0.15, -0.1) is 0 Å². The Hall–Kier alpha value is 0.270. The smallest absolute Gasteiger partial charge is 0.0195 e. The maximum absolute atomic E-state index is 3.57. The highest BCUT2D eigenvalue weighted by molar-refractivity contribution is 8.00. The Bertz CT molecular complexity index is 196. The van der Waals surface area contributed by atoms with Crippen LogP contribution in [-0.2, 0) is 0 Å². The van der Waals surface area contributed by atoms with E-state index < -0.39 is 0 Å². The topological polar surface area (TPSA) is 15.3 Å². The predicted octanol–water partition coefficient (Wildman–Crippen LogP) is 2.45. The Morgan fingerprint density at radius 3 is 2.56 bits per heavy atom. The van der Waals surface area contributed by atoms with E-state index in [1.165, 1.54) is 12.3 Å². The number of rotatable bonds is 5. The van der Waals surface area contributed by atoms with Gasteiger partial charge in [0.25, 0.3) is 0 Å². The summed E-state index contributed by atoms with van der Waals surface area (Å²) >= 11 is 2.11. The van der Waals surface area contributed by atoms with Crippen LogP contribution in [0.4, 0.5) is 0 Å². The number of thioether (sulfide) groups is 1. The standard InChI is InChI=1S/C13H28N2S/c1-10(2)8-14-9-11(3)15-6-7-16-13(5)12(15)4/h10-14H,6-9H2,1-5H3. The van der Waals surface area contributed by atoms with Crippen LogP contribution in [-0.4, -0.2) is 47.6 Å². The molecule has 0 aromatic carbocycles. The van der Waals surface area contributed by atoms with Crippen molar-refractivity contribution in [2.24, 2.45) is 5.92 Å². The first-order chi connectivity index (χ1) is 7.52. The second kappa shape index (κ2) is 6.87. The second-order valence-electron chi connectivity index (χ2n) is 5.46. The van der Waals surface area contributed by atoms with Gasteiger partial charge in [-0.2, -0.15) is 11.8 Å². The van der Waals surface area contributed by atoms with Crippen LogP contribution >= 0.6 is 11.8 Å². The average Bonchev–Trinajstić information content (AvgIpc) is 2.21. The molecule has 1 aliphatic rings. The van der Waals surface area contributed by atoms with Gasteiger partial charge in [-0.3, -0.25) is 4.90 Å². The number of hydrogen-bond acceptors (Lipinski definition) is 3. The monoisotopic (exact) mass is 244 g/mol. The van der Waals surface area contributed by atoms with E-state index in [0.29, 0.717) is 6.04 Å². The van der Waals surface area contributed by atoms with Crippen LogP contribution in [0.15, 0.2) is 0 Å². The van der Waals surface area contributed by atoms with Crippen LogP contribution in [0.2, 0.25) is 0 Å². The molecule has 96 valence electrons. The van der Waals surface area contributed by atoms with Crippen molar-refractivity contribution in [3.63, 3.8) is 0 Å². The van der Waals surface area contributed by atoms with E-state index in [9.17, 15) is 0 Å². The number of hydrogen-bond donors (Lipinski definition) is 1. The summed E-state index contributed by atoms with van der Waals surface area (Å²) in [7, 11) is 0. The molecule has 1 rings (SSSR count). The second-order valence-corrected chi connectivity index (χ2v) is 6.94. The van der Waals surface area contributed by atoms with Crippen LogP contribution in [0.1, 0.15) is 34.6 Å². The van der Waals surface area contributed by atoms with Gasteiger partial charge in [-0.25, -0.2) is 0 Å². The molecular formula is C13H28N2S. The third-order valence-electron chi connectivity index (χ3n) is 3.49. The lowest BCUT2D eigenvalue weighted by Gasteiger charge is -2.41. The van der Waals surface area contributed by atoms with E-state index in [1.807, 2.05) is 0 Å². The average molecular weight is 244 g/mol. The SMILES string of the molecule is CC(C)CNCC(C)N1CCSC(C)C1C. The molecule has 1 heterocycles. The summed E-state index contributed by atoms with van der Waals surface area (Å²) < 4.78 is 0. The molecule has 16 heavy (non-hydrogen) atoms. The number of nitrogens with one attached hydrogen (secondary N) is 1. The van der Waals surface area contributed by atoms with Gasteiger partial charge < -0.3 is 5.32 Å². The Morgan fingerprint density at radius 1 is 1.25 bits per heavy atom. The maximum atomic E-state index is 3.57. The minimum atomic E-state index is 0.664. The number of nitrogens with zero attached hydrogens (tertiary/aromatic N) is 1. The van der Waals surface area contributed by atoms with Crippen LogP contribution in [0, 0.1) is 5.92 Å². The van der Waals surface area contributed by atoms with Gasteiger partial charge >= 0.3 is 0 Å². The van der Waals surface area contributed by atoms with Gasteiger partial charge in [0.05, 0.1) is 0 Å².